The van der Waals surface area contributed by atoms with Crippen LogP contribution >= 0.6 is 0 Å². The molecule has 0 radical (unpaired) electrons. The van der Waals surface area contributed by atoms with E-state index in [1.54, 1.807) is 16.7 Å². The molecule has 2 fully saturated rings. The molecule has 0 bridgehead atoms. The fourth-order valence-corrected chi connectivity index (χ4v) is 7.01. The van der Waals surface area contributed by atoms with E-state index in [-0.39, 0.29) is 0 Å². The predicted octanol–water partition coefficient (Wildman–Crippen LogP) is 9.97. The van der Waals surface area contributed by atoms with Crippen molar-refractivity contribution in [1.82, 2.24) is 0 Å². The standard InChI is InChI=1S/C32H56N2/c1-3-5-7-9-17-23-27-29(25-19-13-11-14-20-25)28(24-18-10-8-6-4-2)32(34)30(31(27)33)26-21-15-12-16-22-26/h25-26H,3-24,33-34H2,1-2H3. The maximum Gasteiger partial charge on any atom is 0.0405 e. The molecule has 3 rings (SSSR count). The molecule has 0 amide bonds. The number of hydrogen-bond acceptors (Lipinski definition) is 2. The molecule has 0 aliphatic heterocycles. The van der Waals surface area contributed by atoms with Gasteiger partial charge in [-0.15, -0.1) is 0 Å². The topological polar surface area (TPSA) is 52.0 Å². The summed E-state index contributed by atoms with van der Waals surface area (Å²) in [4.78, 5) is 0. The van der Waals surface area contributed by atoms with E-state index in [0.717, 1.165) is 11.4 Å². The minimum Gasteiger partial charge on any atom is -0.398 e. The molecule has 4 N–H and O–H groups in total. The lowest BCUT2D eigenvalue weighted by Gasteiger charge is -2.33. The van der Waals surface area contributed by atoms with Gasteiger partial charge in [-0.3, -0.25) is 0 Å². The fraction of sp³-hybridized carbons (Fsp3) is 0.812. The van der Waals surface area contributed by atoms with Gasteiger partial charge in [0.1, 0.15) is 0 Å². The number of unbranched alkanes of at least 4 members (excludes halogenated alkanes) is 8. The van der Waals surface area contributed by atoms with Crippen molar-refractivity contribution in [2.45, 2.75) is 167 Å². The number of nitrogens with two attached hydrogens (primary N) is 2. The highest BCUT2D eigenvalue weighted by Crippen LogP contribution is 2.48. The summed E-state index contributed by atoms with van der Waals surface area (Å²) in [6, 6.07) is 0. The second kappa shape index (κ2) is 15.0. The first-order valence-corrected chi connectivity index (χ1v) is 15.4. The zero-order valence-electron chi connectivity index (χ0n) is 22.9. The number of benzene rings is 1. The molecule has 34 heavy (non-hydrogen) atoms. The first kappa shape index (κ1) is 27.4. The summed E-state index contributed by atoms with van der Waals surface area (Å²) in [6.45, 7) is 4.62. The Morgan fingerprint density at radius 1 is 0.500 bits per heavy atom. The van der Waals surface area contributed by atoms with Gasteiger partial charge in [-0.05, 0) is 79.9 Å². The Hall–Kier alpha value is -1.18. The summed E-state index contributed by atoms with van der Waals surface area (Å²) in [5, 5.41) is 0. The van der Waals surface area contributed by atoms with E-state index >= 15 is 0 Å². The fourth-order valence-electron chi connectivity index (χ4n) is 7.01. The molecule has 0 unspecified atom stereocenters. The minimum atomic E-state index is 0.590. The molecule has 0 saturated heterocycles. The summed E-state index contributed by atoms with van der Waals surface area (Å²) in [5.41, 5.74) is 22.6. The van der Waals surface area contributed by atoms with Crippen LogP contribution in [0, 0.1) is 0 Å². The Morgan fingerprint density at radius 2 is 0.882 bits per heavy atom. The van der Waals surface area contributed by atoms with Crippen molar-refractivity contribution < 1.29 is 0 Å². The SMILES string of the molecule is CCCCCCCc1c(N)c(C2CCCCC2)c(N)c(CCCCCCC)c1C1CCCCC1. The van der Waals surface area contributed by atoms with Crippen LogP contribution in [0.4, 0.5) is 11.4 Å². The van der Waals surface area contributed by atoms with Gasteiger partial charge in [0.2, 0.25) is 0 Å². The van der Waals surface area contributed by atoms with Crippen molar-refractivity contribution in [3.8, 4) is 0 Å². The van der Waals surface area contributed by atoms with E-state index < -0.39 is 0 Å². The summed E-state index contributed by atoms with van der Waals surface area (Å²) in [7, 11) is 0. The van der Waals surface area contributed by atoms with Crippen LogP contribution in [-0.2, 0) is 12.8 Å². The van der Waals surface area contributed by atoms with E-state index in [1.807, 2.05) is 0 Å². The molecule has 1 aromatic carbocycles. The maximum absolute atomic E-state index is 7.15. The second-order valence-corrected chi connectivity index (χ2v) is 11.6. The predicted molar refractivity (Wildman–Crippen MR) is 152 cm³/mol. The van der Waals surface area contributed by atoms with E-state index in [0.29, 0.717) is 11.8 Å². The molecular weight excluding hydrogens is 412 g/mol. The highest BCUT2D eigenvalue weighted by Gasteiger charge is 2.30. The second-order valence-electron chi connectivity index (χ2n) is 11.6. The van der Waals surface area contributed by atoms with Crippen LogP contribution in [0.25, 0.3) is 0 Å². The zero-order chi connectivity index (χ0) is 24.2. The van der Waals surface area contributed by atoms with Gasteiger partial charge in [0.05, 0.1) is 0 Å². The zero-order valence-corrected chi connectivity index (χ0v) is 22.9. The molecular formula is C32H56N2. The lowest BCUT2D eigenvalue weighted by molar-refractivity contribution is 0.435. The number of hydrogen-bond donors (Lipinski definition) is 2. The maximum atomic E-state index is 7.15. The van der Waals surface area contributed by atoms with Crippen molar-refractivity contribution in [3.05, 3.63) is 22.3 Å². The first-order chi connectivity index (χ1) is 16.7. The summed E-state index contributed by atoms with van der Waals surface area (Å²) < 4.78 is 0. The van der Waals surface area contributed by atoms with Crippen LogP contribution in [0.1, 0.15) is 176 Å². The van der Waals surface area contributed by atoms with E-state index in [2.05, 4.69) is 13.8 Å². The molecule has 2 aliphatic rings. The van der Waals surface area contributed by atoms with Gasteiger partial charge >= 0.3 is 0 Å². The molecule has 194 valence electrons. The number of anilines is 2. The van der Waals surface area contributed by atoms with Gasteiger partial charge < -0.3 is 11.5 Å². The monoisotopic (exact) mass is 468 g/mol. The average molecular weight is 469 g/mol. The number of rotatable bonds is 14. The van der Waals surface area contributed by atoms with Gasteiger partial charge in [0.15, 0.2) is 0 Å². The molecule has 2 aliphatic carbocycles. The van der Waals surface area contributed by atoms with Gasteiger partial charge in [-0.1, -0.05) is 104 Å². The lowest BCUT2D eigenvalue weighted by Crippen LogP contribution is -2.19. The Bertz CT molecular complexity index is 669. The van der Waals surface area contributed by atoms with Crippen molar-refractivity contribution >= 4 is 11.4 Å². The lowest BCUT2D eigenvalue weighted by atomic mass is 9.73. The molecule has 0 atom stereocenters. The Labute approximate surface area is 212 Å². The average Bonchev–Trinajstić information content (AvgIpc) is 2.87. The quantitative estimate of drug-likeness (QED) is 0.211. The molecule has 0 aromatic heterocycles. The van der Waals surface area contributed by atoms with Crippen LogP contribution in [0.2, 0.25) is 0 Å². The van der Waals surface area contributed by atoms with Crippen molar-refractivity contribution in [2.75, 3.05) is 11.5 Å². The normalized spacial score (nSPS) is 17.9. The molecule has 2 heteroatoms. The van der Waals surface area contributed by atoms with Crippen LogP contribution in [0.3, 0.4) is 0 Å². The van der Waals surface area contributed by atoms with E-state index in [1.165, 1.54) is 147 Å². The van der Waals surface area contributed by atoms with Crippen molar-refractivity contribution in [2.24, 2.45) is 0 Å². The first-order valence-electron chi connectivity index (χ1n) is 15.4. The molecule has 0 heterocycles. The van der Waals surface area contributed by atoms with Gasteiger partial charge in [0, 0.05) is 16.9 Å². The van der Waals surface area contributed by atoms with Gasteiger partial charge in [-0.2, -0.15) is 0 Å². The third-order valence-corrected chi connectivity index (χ3v) is 8.97. The summed E-state index contributed by atoms with van der Waals surface area (Å²) >= 11 is 0. The van der Waals surface area contributed by atoms with Crippen molar-refractivity contribution in [1.29, 1.82) is 0 Å². The van der Waals surface area contributed by atoms with Crippen LogP contribution < -0.4 is 11.5 Å². The molecule has 0 spiro atoms. The molecule has 2 saturated carbocycles. The number of nitrogen functional groups attached to an aromatic ring is 2. The molecule has 1 aromatic rings. The van der Waals surface area contributed by atoms with Gasteiger partial charge in [0.25, 0.3) is 0 Å². The highest BCUT2D eigenvalue weighted by molar-refractivity contribution is 5.74. The minimum absolute atomic E-state index is 0.590. The largest absolute Gasteiger partial charge is 0.398 e. The Balaban J connectivity index is 1.97. The van der Waals surface area contributed by atoms with Gasteiger partial charge in [-0.25, -0.2) is 0 Å². The van der Waals surface area contributed by atoms with Crippen LogP contribution in [-0.4, -0.2) is 0 Å². The summed E-state index contributed by atoms with van der Waals surface area (Å²) in [5.74, 6) is 1.28. The molecule has 2 nitrogen and oxygen atoms in total. The van der Waals surface area contributed by atoms with E-state index in [4.69, 9.17) is 11.5 Å². The van der Waals surface area contributed by atoms with Crippen LogP contribution in [0.5, 0.6) is 0 Å². The van der Waals surface area contributed by atoms with Crippen molar-refractivity contribution in [3.63, 3.8) is 0 Å². The summed E-state index contributed by atoms with van der Waals surface area (Å²) in [6.07, 6.45) is 29.1. The third kappa shape index (κ3) is 7.41. The Morgan fingerprint density at radius 3 is 1.29 bits per heavy atom. The highest BCUT2D eigenvalue weighted by atomic mass is 14.7. The van der Waals surface area contributed by atoms with Crippen LogP contribution in [0.15, 0.2) is 0 Å². The third-order valence-electron chi connectivity index (χ3n) is 8.97. The smallest absolute Gasteiger partial charge is 0.0405 e. The Kier molecular flexibility index (Phi) is 12.1. The van der Waals surface area contributed by atoms with E-state index in [9.17, 15) is 0 Å².